The summed E-state index contributed by atoms with van der Waals surface area (Å²) in [6.07, 6.45) is 4.77. The van der Waals surface area contributed by atoms with Gasteiger partial charge in [-0.3, -0.25) is 4.79 Å². The molecule has 1 fully saturated rings. The molecule has 0 bridgehead atoms. The molecule has 2 N–H and O–H groups in total. The van der Waals surface area contributed by atoms with Crippen LogP contribution in [0.2, 0.25) is 0 Å². The molecule has 0 spiro atoms. The van der Waals surface area contributed by atoms with Gasteiger partial charge in [0.2, 0.25) is 10.0 Å². The Kier molecular flexibility index (Phi) is 5.74. The lowest BCUT2D eigenvalue weighted by Crippen LogP contribution is -2.32. The topological polar surface area (TPSA) is 75.3 Å². The molecule has 0 aromatic heterocycles. The predicted octanol–water partition coefficient (Wildman–Crippen LogP) is 3.72. The monoisotopic (exact) mass is 372 g/mol. The molecule has 1 saturated carbocycles. The Hall–Kier alpha value is -2.18. The van der Waals surface area contributed by atoms with Gasteiger partial charge in [0.15, 0.2) is 0 Å². The largest absolute Gasteiger partial charge is 0.322 e. The van der Waals surface area contributed by atoms with Gasteiger partial charge in [-0.15, -0.1) is 0 Å². The number of carbonyl (C=O) groups is 1. The van der Waals surface area contributed by atoms with E-state index in [0.717, 1.165) is 32.1 Å². The number of benzene rings is 2. The van der Waals surface area contributed by atoms with Gasteiger partial charge in [0, 0.05) is 17.3 Å². The zero-order chi connectivity index (χ0) is 18.6. The average molecular weight is 372 g/mol. The lowest BCUT2D eigenvalue weighted by molar-refractivity contribution is 0.102. The molecule has 1 amide bonds. The van der Waals surface area contributed by atoms with Crippen molar-refractivity contribution < 1.29 is 13.2 Å². The van der Waals surface area contributed by atoms with E-state index in [1.807, 2.05) is 24.3 Å². The van der Waals surface area contributed by atoms with Crippen LogP contribution in [0.3, 0.4) is 0 Å². The van der Waals surface area contributed by atoms with Crippen LogP contribution in [0.1, 0.15) is 48.5 Å². The van der Waals surface area contributed by atoms with Crippen LogP contribution in [0.5, 0.6) is 0 Å². The molecule has 2 aromatic rings. The minimum Gasteiger partial charge on any atom is -0.322 e. The summed E-state index contributed by atoms with van der Waals surface area (Å²) in [6, 6.07) is 13.8. The zero-order valence-electron chi connectivity index (χ0n) is 14.9. The van der Waals surface area contributed by atoms with Gasteiger partial charge in [0.05, 0.1) is 4.90 Å². The molecule has 3 rings (SSSR count). The fraction of sp³-hybridized carbons (Fsp3) is 0.350. The smallest absolute Gasteiger partial charge is 0.255 e. The third kappa shape index (κ3) is 4.51. The Morgan fingerprint density at radius 2 is 1.77 bits per heavy atom. The van der Waals surface area contributed by atoms with Crippen LogP contribution < -0.4 is 10.0 Å². The summed E-state index contributed by atoms with van der Waals surface area (Å²) in [5, 5.41) is 2.81. The minimum absolute atomic E-state index is 0.00503. The van der Waals surface area contributed by atoms with Crippen molar-refractivity contribution in [3.63, 3.8) is 0 Å². The number of rotatable bonds is 6. The average Bonchev–Trinajstić information content (AvgIpc) is 3.15. The van der Waals surface area contributed by atoms with Gasteiger partial charge in [-0.05, 0) is 55.2 Å². The number of amides is 1. The van der Waals surface area contributed by atoms with E-state index in [0.29, 0.717) is 11.3 Å². The van der Waals surface area contributed by atoms with Crippen molar-refractivity contribution in [3.05, 3.63) is 59.7 Å². The minimum atomic E-state index is -3.61. The van der Waals surface area contributed by atoms with Crippen molar-refractivity contribution in [2.75, 3.05) is 5.32 Å². The van der Waals surface area contributed by atoms with Crippen molar-refractivity contribution >= 4 is 21.6 Å². The summed E-state index contributed by atoms with van der Waals surface area (Å²) in [6.45, 7) is 2.07. The Bertz CT molecular complexity index is 870. The number of sulfonamides is 1. The van der Waals surface area contributed by atoms with Crippen LogP contribution in [-0.4, -0.2) is 20.4 Å². The quantitative estimate of drug-likeness (QED) is 0.811. The van der Waals surface area contributed by atoms with E-state index in [1.54, 1.807) is 12.1 Å². The molecule has 138 valence electrons. The van der Waals surface area contributed by atoms with Gasteiger partial charge in [-0.25, -0.2) is 13.1 Å². The summed E-state index contributed by atoms with van der Waals surface area (Å²) < 4.78 is 27.8. The first-order valence-electron chi connectivity index (χ1n) is 9.00. The molecule has 0 heterocycles. The van der Waals surface area contributed by atoms with Crippen molar-refractivity contribution in [2.24, 2.45) is 0 Å². The Labute approximate surface area is 154 Å². The molecule has 6 heteroatoms. The van der Waals surface area contributed by atoms with Crippen molar-refractivity contribution in [3.8, 4) is 0 Å². The highest BCUT2D eigenvalue weighted by molar-refractivity contribution is 7.89. The van der Waals surface area contributed by atoms with Gasteiger partial charge in [-0.2, -0.15) is 0 Å². The first kappa shape index (κ1) is 18.6. The summed E-state index contributed by atoms with van der Waals surface area (Å²) in [4.78, 5) is 12.6. The fourth-order valence-electron chi connectivity index (χ4n) is 3.16. The second kappa shape index (κ2) is 8.01. The molecule has 1 aliphatic carbocycles. The molecule has 5 nitrogen and oxygen atoms in total. The van der Waals surface area contributed by atoms with E-state index >= 15 is 0 Å². The summed E-state index contributed by atoms with van der Waals surface area (Å²) >= 11 is 0. The third-order valence-electron chi connectivity index (χ3n) is 4.70. The molecular formula is C20H24N2O3S. The van der Waals surface area contributed by atoms with Gasteiger partial charge in [0.1, 0.15) is 0 Å². The van der Waals surface area contributed by atoms with E-state index in [9.17, 15) is 13.2 Å². The molecule has 1 aliphatic rings. The number of hydrogen-bond donors (Lipinski definition) is 2. The van der Waals surface area contributed by atoms with Crippen LogP contribution in [0, 0.1) is 0 Å². The van der Waals surface area contributed by atoms with E-state index < -0.39 is 10.0 Å². The molecule has 0 unspecified atom stereocenters. The van der Waals surface area contributed by atoms with E-state index in [2.05, 4.69) is 17.0 Å². The number of hydrogen-bond acceptors (Lipinski definition) is 3. The zero-order valence-corrected chi connectivity index (χ0v) is 15.7. The van der Waals surface area contributed by atoms with Crippen LogP contribution in [0.15, 0.2) is 53.4 Å². The second-order valence-corrected chi connectivity index (χ2v) is 8.35. The van der Waals surface area contributed by atoms with Crippen molar-refractivity contribution in [1.29, 1.82) is 0 Å². The molecule has 26 heavy (non-hydrogen) atoms. The molecule has 0 radical (unpaired) electrons. The predicted molar refractivity (Wildman–Crippen MR) is 103 cm³/mol. The van der Waals surface area contributed by atoms with Crippen LogP contribution in [0.25, 0.3) is 0 Å². The maximum atomic E-state index is 12.5. The number of carbonyl (C=O) groups excluding carboxylic acids is 1. The summed E-state index contributed by atoms with van der Waals surface area (Å²) in [5.41, 5.74) is 2.19. The lowest BCUT2D eigenvalue weighted by atomic mass is 10.1. The molecular weight excluding hydrogens is 348 g/mol. The van der Waals surface area contributed by atoms with E-state index in [-0.39, 0.29) is 16.8 Å². The van der Waals surface area contributed by atoms with E-state index in [4.69, 9.17) is 0 Å². The third-order valence-corrected chi connectivity index (χ3v) is 6.22. The van der Waals surface area contributed by atoms with Crippen molar-refractivity contribution in [2.45, 2.75) is 50.0 Å². The SMILES string of the molecule is CCc1ccc(NC(=O)c2cccc(S(=O)(=O)NC3CCCC3)c2)cc1. The highest BCUT2D eigenvalue weighted by Crippen LogP contribution is 2.21. The Morgan fingerprint density at radius 1 is 1.08 bits per heavy atom. The number of nitrogens with one attached hydrogen (secondary N) is 2. The highest BCUT2D eigenvalue weighted by Gasteiger charge is 2.23. The number of anilines is 1. The molecule has 0 saturated heterocycles. The normalized spacial score (nSPS) is 15.1. The molecule has 2 aromatic carbocycles. The second-order valence-electron chi connectivity index (χ2n) is 6.64. The van der Waals surface area contributed by atoms with Gasteiger partial charge in [-0.1, -0.05) is 38.0 Å². The summed E-state index contributed by atoms with van der Waals surface area (Å²) in [7, 11) is -3.61. The first-order valence-corrected chi connectivity index (χ1v) is 10.5. The maximum absolute atomic E-state index is 12.5. The maximum Gasteiger partial charge on any atom is 0.255 e. The van der Waals surface area contributed by atoms with Crippen LogP contribution >= 0.6 is 0 Å². The number of aryl methyl sites for hydroxylation is 1. The molecule has 0 atom stereocenters. The van der Waals surface area contributed by atoms with Crippen molar-refractivity contribution in [1.82, 2.24) is 4.72 Å². The Morgan fingerprint density at radius 3 is 2.42 bits per heavy atom. The van der Waals surface area contributed by atoms with Crippen LogP contribution in [0.4, 0.5) is 5.69 Å². The van der Waals surface area contributed by atoms with Gasteiger partial charge < -0.3 is 5.32 Å². The first-order chi connectivity index (χ1) is 12.5. The van der Waals surface area contributed by atoms with E-state index in [1.165, 1.54) is 17.7 Å². The Balaban J connectivity index is 1.74. The van der Waals surface area contributed by atoms with Gasteiger partial charge >= 0.3 is 0 Å². The molecule has 0 aliphatic heterocycles. The summed E-state index contributed by atoms with van der Waals surface area (Å²) in [5.74, 6) is -0.327. The highest BCUT2D eigenvalue weighted by atomic mass is 32.2. The van der Waals surface area contributed by atoms with Gasteiger partial charge in [0.25, 0.3) is 5.91 Å². The fourth-order valence-corrected chi connectivity index (χ4v) is 4.51. The lowest BCUT2D eigenvalue weighted by Gasteiger charge is -2.13. The van der Waals surface area contributed by atoms with Crippen LogP contribution in [-0.2, 0) is 16.4 Å². The standard InChI is InChI=1S/C20H24N2O3S/c1-2-15-10-12-17(13-11-15)21-20(23)16-6-5-9-19(14-16)26(24,25)22-18-7-3-4-8-18/h5-6,9-14,18,22H,2-4,7-8H2,1H3,(H,21,23).